The third kappa shape index (κ3) is 5.02. The van der Waals surface area contributed by atoms with Crippen LogP contribution in [0.3, 0.4) is 0 Å². The van der Waals surface area contributed by atoms with Crippen LogP contribution in [-0.4, -0.2) is 34.5 Å². The Morgan fingerprint density at radius 3 is 2.64 bits per heavy atom. The van der Waals surface area contributed by atoms with Crippen LogP contribution in [-0.2, 0) is 23.1 Å². The fourth-order valence-electron chi connectivity index (χ4n) is 3.65. The SMILES string of the molecule is CN(Cc1nc(-c2cccc(Br)c2)no1)S(=O)(=O)c1ccc2c(c1)sc(=O)n2Cc1ccc(Cl)cc1. The van der Waals surface area contributed by atoms with Gasteiger partial charge in [0.1, 0.15) is 0 Å². The second-order valence-corrected chi connectivity index (χ2v) is 12.4. The van der Waals surface area contributed by atoms with Crippen molar-refractivity contribution in [2.45, 2.75) is 18.0 Å². The first-order valence-corrected chi connectivity index (χ1v) is 14.1. The highest BCUT2D eigenvalue weighted by Gasteiger charge is 2.24. The fraction of sp³-hybridized carbons (Fsp3) is 0.125. The first-order chi connectivity index (χ1) is 17.2. The molecule has 0 aliphatic carbocycles. The summed E-state index contributed by atoms with van der Waals surface area (Å²) in [7, 11) is -2.44. The summed E-state index contributed by atoms with van der Waals surface area (Å²) in [5.74, 6) is 0.529. The Hall–Kier alpha value is -2.83. The van der Waals surface area contributed by atoms with Crippen molar-refractivity contribution in [2.24, 2.45) is 0 Å². The number of sulfonamides is 1. The molecule has 12 heteroatoms. The number of hydrogen-bond donors (Lipinski definition) is 0. The van der Waals surface area contributed by atoms with Gasteiger partial charge >= 0.3 is 4.87 Å². The summed E-state index contributed by atoms with van der Waals surface area (Å²) in [5, 5.41) is 4.57. The summed E-state index contributed by atoms with van der Waals surface area (Å²) in [5.41, 5.74) is 2.32. The van der Waals surface area contributed by atoms with E-state index in [1.54, 1.807) is 22.8 Å². The molecule has 36 heavy (non-hydrogen) atoms. The molecule has 3 aromatic carbocycles. The number of hydrogen-bond acceptors (Lipinski definition) is 7. The maximum Gasteiger partial charge on any atom is 0.308 e. The van der Waals surface area contributed by atoms with E-state index < -0.39 is 10.0 Å². The second-order valence-electron chi connectivity index (χ2n) is 7.99. The van der Waals surface area contributed by atoms with Crippen LogP contribution < -0.4 is 4.87 Å². The van der Waals surface area contributed by atoms with Gasteiger partial charge in [0.15, 0.2) is 0 Å². The van der Waals surface area contributed by atoms with Crippen LogP contribution in [0.2, 0.25) is 5.02 Å². The lowest BCUT2D eigenvalue weighted by Crippen LogP contribution is -2.26. The fourth-order valence-corrected chi connectivity index (χ4v) is 6.33. The van der Waals surface area contributed by atoms with Gasteiger partial charge in [-0.3, -0.25) is 9.36 Å². The van der Waals surface area contributed by atoms with Crippen LogP contribution in [0.25, 0.3) is 21.6 Å². The summed E-state index contributed by atoms with van der Waals surface area (Å²) in [6.45, 7) is 0.259. The molecule has 0 atom stereocenters. The van der Waals surface area contributed by atoms with E-state index in [2.05, 4.69) is 26.1 Å². The van der Waals surface area contributed by atoms with Crippen molar-refractivity contribution >= 4 is 59.1 Å². The zero-order valence-electron chi connectivity index (χ0n) is 18.8. The average molecular weight is 606 g/mol. The van der Waals surface area contributed by atoms with Crippen molar-refractivity contribution in [1.82, 2.24) is 19.0 Å². The van der Waals surface area contributed by atoms with Crippen LogP contribution >= 0.6 is 38.9 Å². The molecule has 5 aromatic rings. The normalized spacial score (nSPS) is 12.0. The molecule has 0 amide bonds. The molecule has 2 heterocycles. The third-order valence-corrected chi connectivity index (χ3v) is 9.00. The molecule has 0 aliphatic rings. The van der Waals surface area contributed by atoms with Crippen molar-refractivity contribution < 1.29 is 12.9 Å². The smallest absolute Gasteiger partial charge is 0.308 e. The van der Waals surface area contributed by atoms with E-state index in [0.29, 0.717) is 27.6 Å². The number of nitrogens with zero attached hydrogens (tertiary/aromatic N) is 4. The summed E-state index contributed by atoms with van der Waals surface area (Å²) < 4.78 is 36.0. The van der Waals surface area contributed by atoms with E-state index in [1.807, 2.05) is 36.4 Å². The highest BCUT2D eigenvalue weighted by atomic mass is 79.9. The predicted octanol–water partition coefficient (Wildman–Crippen LogP) is 5.40. The van der Waals surface area contributed by atoms with Gasteiger partial charge in [-0.05, 0) is 48.0 Å². The molecule has 0 bridgehead atoms. The maximum absolute atomic E-state index is 13.3. The number of benzene rings is 3. The lowest BCUT2D eigenvalue weighted by molar-refractivity contribution is 0.337. The van der Waals surface area contributed by atoms with Gasteiger partial charge < -0.3 is 4.52 Å². The Bertz CT molecular complexity index is 1730. The van der Waals surface area contributed by atoms with Gasteiger partial charge in [-0.15, -0.1) is 0 Å². The lowest BCUT2D eigenvalue weighted by Gasteiger charge is -2.15. The minimum atomic E-state index is -3.88. The molecule has 8 nitrogen and oxygen atoms in total. The summed E-state index contributed by atoms with van der Waals surface area (Å²) in [6.07, 6.45) is 0. The van der Waals surface area contributed by atoms with Gasteiger partial charge in [-0.2, -0.15) is 9.29 Å². The van der Waals surface area contributed by atoms with Crippen LogP contribution in [0.5, 0.6) is 0 Å². The highest BCUT2D eigenvalue weighted by Crippen LogP contribution is 2.26. The van der Waals surface area contributed by atoms with E-state index in [4.69, 9.17) is 16.1 Å². The Labute approximate surface area is 223 Å². The zero-order chi connectivity index (χ0) is 25.4. The van der Waals surface area contributed by atoms with Crippen molar-refractivity contribution in [2.75, 3.05) is 7.05 Å². The Balaban J connectivity index is 1.38. The molecular formula is C24H18BrClN4O4S2. The molecule has 0 fully saturated rings. The highest BCUT2D eigenvalue weighted by molar-refractivity contribution is 9.10. The monoisotopic (exact) mass is 604 g/mol. The molecular weight excluding hydrogens is 588 g/mol. The first-order valence-electron chi connectivity index (χ1n) is 10.6. The van der Waals surface area contributed by atoms with E-state index in [-0.39, 0.29) is 22.2 Å². The minimum absolute atomic E-state index is 0.0733. The van der Waals surface area contributed by atoms with Crippen molar-refractivity contribution in [1.29, 1.82) is 0 Å². The predicted molar refractivity (Wildman–Crippen MR) is 143 cm³/mol. The summed E-state index contributed by atoms with van der Waals surface area (Å²) in [4.78, 5) is 16.9. The average Bonchev–Trinajstić information content (AvgIpc) is 3.44. The van der Waals surface area contributed by atoms with Gasteiger partial charge in [-0.25, -0.2) is 8.42 Å². The van der Waals surface area contributed by atoms with Crippen molar-refractivity contribution in [3.8, 4) is 11.4 Å². The van der Waals surface area contributed by atoms with Crippen LogP contribution in [0.1, 0.15) is 11.5 Å². The molecule has 2 aromatic heterocycles. The molecule has 0 unspecified atom stereocenters. The molecule has 0 saturated heterocycles. The van der Waals surface area contributed by atoms with E-state index in [0.717, 1.165) is 31.2 Å². The summed E-state index contributed by atoms with van der Waals surface area (Å²) >= 11 is 10.4. The number of thiazole rings is 1. The zero-order valence-corrected chi connectivity index (χ0v) is 22.7. The minimum Gasteiger partial charge on any atom is -0.338 e. The largest absolute Gasteiger partial charge is 0.338 e. The number of fused-ring (bicyclic) bond motifs is 1. The molecule has 184 valence electrons. The Morgan fingerprint density at radius 2 is 1.89 bits per heavy atom. The van der Waals surface area contributed by atoms with Crippen LogP contribution in [0.15, 0.2) is 85.4 Å². The van der Waals surface area contributed by atoms with Gasteiger partial charge in [0, 0.05) is 22.1 Å². The molecule has 0 radical (unpaired) electrons. The van der Waals surface area contributed by atoms with Gasteiger partial charge in [0.2, 0.25) is 21.7 Å². The lowest BCUT2D eigenvalue weighted by atomic mass is 10.2. The molecule has 5 rings (SSSR count). The van der Waals surface area contributed by atoms with Gasteiger partial charge in [-0.1, -0.05) is 68.3 Å². The number of aromatic nitrogens is 3. The molecule has 0 aliphatic heterocycles. The standard InChI is InChI=1S/C24H18BrClN4O4S2/c1-29(14-22-27-23(28-34-22)16-3-2-4-17(25)11-16)36(32,33)19-9-10-20-21(12-19)35-24(31)30(20)13-15-5-7-18(26)8-6-15/h2-12H,13-14H2,1H3. The van der Waals surface area contributed by atoms with E-state index >= 15 is 0 Å². The van der Waals surface area contributed by atoms with Crippen LogP contribution in [0.4, 0.5) is 0 Å². The Morgan fingerprint density at radius 1 is 1.11 bits per heavy atom. The first kappa shape index (κ1) is 24.8. The topological polar surface area (TPSA) is 98.3 Å². The van der Waals surface area contributed by atoms with Crippen LogP contribution in [0, 0.1) is 0 Å². The number of halogens is 2. The summed E-state index contributed by atoms with van der Waals surface area (Å²) in [6, 6.07) is 19.3. The third-order valence-electron chi connectivity index (χ3n) is 5.51. The second kappa shape index (κ2) is 9.91. The quantitative estimate of drug-likeness (QED) is 0.246. The molecule has 0 saturated carbocycles. The number of rotatable bonds is 7. The van der Waals surface area contributed by atoms with Crippen molar-refractivity contribution in [3.63, 3.8) is 0 Å². The van der Waals surface area contributed by atoms with E-state index in [9.17, 15) is 13.2 Å². The van der Waals surface area contributed by atoms with Gasteiger partial charge in [0.05, 0.1) is 28.2 Å². The van der Waals surface area contributed by atoms with E-state index in [1.165, 1.54) is 19.2 Å². The van der Waals surface area contributed by atoms with Crippen molar-refractivity contribution in [3.05, 3.63) is 97.3 Å². The molecule has 0 spiro atoms. The maximum atomic E-state index is 13.3. The van der Waals surface area contributed by atoms with Gasteiger partial charge in [0.25, 0.3) is 0 Å². The molecule has 0 N–H and O–H groups in total. The Kier molecular flexibility index (Phi) is 6.84.